The van der Waals surface area contributed by atoms with Gasteiger partial charge in [-0.05, 0) is 93.6 Å². The fraction of sp³-hybridized carbons (Fsp3) is 0.536. The van der Waals surface area contributed by atoms with Crippen LogP contribution in [0, 0.1) is 12.7 Å². The molecule has 0 radical (unpaired) electrons. The highest BCUT2D eigenvalue weighted by molar-refractivity contribution is 6.31. The van der Waals surface area contributed by atoms with E-state index in [9.17, 15) is 14.3 Å². The van der Waals surface area contributed by atoms with Crippen LogP contribution in [0.2, 0.25) is 10.0 Å². The Kier molecular flexibility index (Phi) is 13.7. The number of hydrogen-bond acceptors (Lipinski definition) is 5. The Morgan fingerprint density at radius 1 is 1.14 bits per heavy atom. The number of likely N-dealkylation sites (tertiary alicyclic amines) is 1. The number of halogens is 3. The molecular weight excluding hydrogens is 504 g/mol. The average molecular weight is 543 g/mol. The minimum Gasteiger partial charge on any atom is -0.466 e. The van der Waals surface area contributed by atoms with E-state index < -0.39 is 6.10 Å². The van der Waals surface area contributed by atoms with E-state index in [1.165, 1.54) is 18.9 Å². The number of aliphatic hydroxyl groups excluding tert-OH is 1. The minimum atomic E-state index is -0.493. The Bertz CT molecular complexity index is 953. The zero-order valence-corrected chi connectivity index (χ0v) is 23.0. The first-order chi connectivity index (χ1) is 17.2. The Hall–Kier alpha value is -1.70. The molecule has 8 heteroatoms. The summed E-state index contributed by atoms with van der Waals surface area (Å²) in [4.78, 5) is 14.0. The Labute approximate surface area is 224 Å². The average Bonchev–Trinajstić information content (AvgIpc) is 3.35. The molecule has 3 rings (SSSR count). The number of carbonyl (C=O) groups excluding carboxylic acids is 1. The van der Waals surface area contributed by atoms with Gasteiger partial charge in [0.1, 0.15) is 5.82 Å². The summed E-state index contributed by atoms with van der Waals surface area (Å²) in [6.45, 7) is 9.14. The maximum atomic E-state index is 12.4. The molecule has 0 aromatic heterocycles. The summed E-state index contributed by atoms with van der Waals surface area (Å²) in [6, 6.07) is 10.4. The fourth-order valence-corrected chi connectivity index (χ4v) is 4.46. The molecule has 1 fully saturated rings. The molecule has 5 nitrogen and oxygen atoms in total. The number of nitrogens with zero attached hydrogens (tertiary/aromatic N) is 1. The van der Waals surface area contributed by atoms with Gasteiger partial charge in [0.25, 0.3) is 0 Å². The van der Waals surface area contributed by atoms with Gasteiger partial charge in [-0.1, -0.05) is 42.3 Å². The predicted octanol–water partition coefficient (Wildman–Crippen LogP) is 6.55. The third-order valence-corrected chi connectivity index (χ3v) is 6.50. The Morgan fingerprint density at radius 3 is 2.47 bits per heavy atom. The monoisotopic (exact) mass is 541 g/mol. The van der Waals surface area contributed by atoms with Crippen LogP contribution in [0.25, 0.3) is 0 Å². The van der Waals surface area contributed by atoms with E-state index in [0.29, 0.717) is 37.6 Å². The quantitative estimate of drug-likeness (QED) is 0.327. The number of benzene rings is 2. The molecule has 0 bridgehead atoms. The SMILES string of the molecule is CCOC(=O)CCc1cc(Cl)ccc1C(CC)OCC(O)CN1CCCC1.Cc1ccc(Cl)c(F)c1. The second kappa shape index (κ2) is 16.2. The van der Waals surface area contributed by atoms with E-state index in [-0.39, 0.29) is 22.9 Å². The first kappa shape index (κ1) is 30.5. The molecule has 0 amide bonds. The van der Waals surface area contributed by atoms with E-state index in [4.69, 9.17) is 32.7 Å². The molecule has 2 unspecified atom stereocenters. The Morgan fingerprint density at radius 2 is 1.86 bits per heavy atom. The van der Waals surface area contributed by atoms with Crippen molar-refractivity contribution in [2.75, 3.05) is 32.8 Å². The molecule has 200 valence electrons. The van der Waals surface area contributed by atoms with Crippen molar-refractivity contribution in [3.05, 3.63) is 69.0 Å². The zero-order chi connectivity index (χ0) is 26.5. The molecule has 1 N–H and O–H groups in total. The lowest BCUT2D eigenvalue weighted by atomic mass is 9.97. The van der Waals surface area contributed by atoms with Crippen LogP contribution in [0.1, 0.15) is 62.3 Å². The molecular formula is C28H38Cl2FNO4. The number of aliphatic hydroxyl groups is 1. The van der Waals surface area contributed by atoms with Crippen LogP contribution in [-0.4, -0.2) is 54.9 Å². The number of esters is 1. The number of rotatable bonds is 11. The number of aryl methyl sites for hydroxylation is 2. The van der Waals surface area contributed by atoms with Crippen LogP contribution < -0.4 is 0 Å². The molecule has 1 saturated heterocycles. The summed E-state index contributed by atoms with van der Waals surface area (Å²) in [7, 11) is 0. The third kappa shape index (κ3) is 10.7. The molecule has 2 aromatic rings. The van der Waals surface area contributed by atoms with Gasteiger partial charge >= 0.3 is 5.97 Å². The molecule has 0 saturated carbocycles. The first-order valence-electron chi connectivity index (χ1n) is 12.6. The Balaban J connectivity index is 0.000000425. The van der Waals surface area contributed by atoms with Crippen molar-refractivity contribution in [3.8, 4) is 0 Å². The van der Waals surface area contributed by atoms with E-state index in [1.54, 1.807) is 19.1 Å². The van der Waals surface area contributed by atoms with Crippen LogP contribution >= 0.6 is 23.2 Å². The van der Waals surface area contributed by atoms with Gasteiger partial charge in [-0.2, -0.15) is 0 Å². The lowest BCUT2D eigenvalue weighted by Crippen LogP contribution is -2.33. The molecule has 1 aliphatic rings. The predicted molar refractivity (Wildman–Crippen MR) is 143 cm³/mol. The number of ether oxygens (including phenoxy) is 2. The van der Waals surface area contributed by atoms with Crippen LogP contribution in [-0.2, 0) is 20.7 Å². The summed E-state index contributed by atoms with van der Waals surface area (Å²) in [5.41, 5.74) is 2.91. The molecule has 0 aliphatic carbocycles. The van der Waals surface area contributed by atoms with E-state index in [2.05, 4.69) is 11.8 Å². The van der Waals surface area contributed by atoms with E-state index in [0.717, 1.165) is 36.2 Å². The van der Waals surface area contributed by atoms with Crippen molar-refractivity contribution in [3.63, 3.8) is 0 Å². The van der Waals surface area contributed by atoms with Crippen molar-refractivity contribution in [2.45, 2.75) is 65.1 Å². The summed E-state index contributed by atoms with van der Waals surface area (Å²) in [5, 5.41) is 11.1. The first-order valence-corrected chi connectivity index (χ1v) is 13.4. The molecule has 0 spiro atoms. The van der Waals surface area contributed by atoms with Gasteiger partial charge < -0.3 is 19.5 Å². The van der Waals surface area contributed by atoms with Crippen LogP contribution in [0.15, 0.2) is 36.4 Å². The highest BCUT2D eigenvalue weighted by Crippen LogP contribution is 2.28. The zero-order valence-electron chi connectivity index (χ0n) is 21.4. The summed E-state index contributed by atoms with van der Waals surface area (Å²) in [6.07, 6.45) is 3.45. The molecule has 1 aliphatic heterocycles. The number of β-amino-alcohol motifs (C(OH)–C–C–N with tert-alkyl or cyclic N) is 1. The lowest BCUT2D eigenvalue weighted by molar-refractivity contribution is -0.143. The molecule has 2 atom stereocenters. The highest BCUT2D eigenvalue weighted by Gasteiger charge is 2.20. The highest BCUT2D eigenvalue weighted by atomic mass is 35.5. The van der Waals surface area contributed by atoms with Gasteiger partial charge in [0.15, 0.2) is 0 Å². The van der Waals surface area contributed by atoms with Gasteiger partial charge in [0, 0.05) is 18.0 Å². The van der Waals surface area contributed by atoms with Gasteiger partial charge in [-0.25, -0.2) is 4.39 Å². The third-order valence-electron chi connectivity index (χ3n) is 5.96. The van der Waals surface area contributed by atoms with Crippen molar-refractivity contribution in [1.82, 2.24) is 4.90 Å². The maximum Gasteiger partial charge on any atom is 0.306 e. The van der Waals surface area contributed by atoms with Crippen molar-refractivity contribution < 1.29 is 23.8 Å². The van der Waals surface area contributed by atoms with E-state index in [1.807, 2.05) is 25.1 Å². The summed E-state index contributed by atoms with van der Waals surface area (Å²) < 4.78 is 23.5. The maximum absolute atomic E-state index is 12.4. The molecule has 1 heterocycles. The van der Waals surface area contributed by atoms with Gasteiger partial charge in [0.05, 0.1) is 30.4 Å². The number of hydrogen-bond donors (Lipinski definition) is 1. The normalized spacial score (nSPS) is 15.2. The van der Waals surface area contributed by atoms with Crippen LogP contribution in [0.5, 0.6) is 0 Å². The topological polar surface area (TPSA) is 59.0 Å². The van der Waals surface area contributed by atoms with Crippen molar-refractivity contribution in [2.24, 2.45) is 0 Å². The smallest absolute Gasteiger partial charge is 0.306 e. The van der Waals surface area contributed by atoms with Crippen LogP contribution in [0.3, 0.4) is 0 Å². The lowest BCUT2D eigenvalue weighted by Gasteiger charge is -2.24. The van der Waals surface area contributed by atoms with Crippen molar-refractivity contribution in [1.29, 1.82) is 0 Å². The molecule has 2 aromatic carbocycles. The minimum absolute atomic E-state index is 0.132. The van der Waals surface area contributed by atoms with Gasteiger partial charge in [-0.15, -0.1) is 0 Å². The van der Waals surface area contributed by atoms with Crippen LogP contribution in [0.4, 0.5) is 4.39 Å². The largest absolute Gasteiger partial charge is 0.466 e. The summed E-state index contributed by atoms with van der Waals surface area (Å²) in [5.74, 6) is -0.560. The second-order valence-corrected chi connectivity index (χ2v) is 9.80. The van der Waals surface area contributed by atoms with E-state index >= 15 is 0 Å². The van der Waals surface area contributed by atoms with Gasteiger partial charge in [0.2, 0.25) is 0 Å². The van der Waals surface area contributed by atoms with Gasteiger partial charge in [-0.3, -0.25) is 4.79 Å². The fourth-order valence-electron chi connectivity index (χ4n) is 4.15. The van der Waals surface area contributed by atoms with Crippen molar-refractivity contribution >= 4 is 29.2 Å². The summed E-state index contributed by atoms with van der Waals surface area (Å²) >= 11 is 11.6. The second-order valence-electron chi connectivity index (χ2n) is 8.96. The number of carbonyl (C=O) groups is 1. The standard InChI is InChI=1S/C21H32ClNO4.C7H6ClF/c1-3-20(27-15-18(24)14-23-11-5-6-12-23)19-9-8-17(22)13-16(19)7-10-21(25)26-4-2;1-5-2-3-6(8)7(9)4-5/h8-9,13,18,20,24H,3-7,10-12,14-15H2,1-2H3;2-4H,1H3. The molecule has 36 heavy (non-hydrogen) atoms.